The molecule has 0 aromatic heterocycles. The number of unbranched alkanes of at least 4 members (excludes halogenated alkanes) is 3. The van der Waals surface area contributed by atoms with Crippen molar-refractivity contribution in [3.05, 3.63) is 29.8 Å². The molecular formula is C20H31F5OS. The predicted molar refractivity (Wildman–Crippen MR) is 102 cm³/mol. The number of halogens is 5. The Balaban J connectivity index is 1.70. The first-order chi connectivity index (χ1) is 12.5. The van der Waals surface area contributed by atoms with Crippen LogP contribution in [0.3, 0.4) is 0 Å². The Morgan fingerprint density at radius 2 is 1.52 bits per heavy atom. The Morgan fingerprint density at radius 1 is 0.889 bits per heavy atom. The maximum absolute atomic E-state index is 12.7. The van der Waals surface area contributed by atoms with E-state index in [1.54, 1.807) is 0 Å². The van der Waals surface area contributed by atoms with Crippen LogP contribution < -0.4 is 0 Å². The molecule has 7 heteroatoms. The fourth-order valence-electron chi connectivity index (χ4n) is 3.65. The van der Waals surface area contributed by atoms with E-state index in [1.165, 1.54) is 31.4 Å². The highest BCUT2D eigenvalue weighted by atomic mass is 32.5. The topological polar surface area (TPSA) is 9.23 Å². The van der Waals surface area contributed by atoms with E-state index in [4.69, 9.17) is 4.74 Å². The highest BCUT2D eigenvalue weighted by Crippen LogP contribution is 3.02. The van der Waals surface area contributed by atoms with Crippen LogP contribution in [0.5, 0.6) is 0 Å². The summed E-state index contributed by atoms with van der Waals surface area (Å²) in [7, 11) is -9.56. The summed E-state index contributed by atoms with van der Waals surface area (Å²) in [5.74, 6) is 0.528. The summed E-state index contributed by atoms with van der Waals surface area (Å²) in [6.07, 6.45) is 10.8. The van der Waals surface area contributed by atoms with Gasteiger partial charge in [0.2, 0.25) is 0 Å². The minimum Gasteiger partial charge on any atom is -0.378 e. The minimum absolute atomic E-state index is 0.333. The smallest absolute Gasteiger partial charge is 0.310 e. The molecule has 0 spiro atoms. The van der Waals surface area contributed by atoms with Crippen molar-refractivity contribution < 1.29 is 24.2 Å². The maximum atomic E-state index is 12.7. The second-order valence-corrected chi connectivity index (χ2v) is 10.1. The quantitative estimate of drug-likeness (QED) is 0.276. The summed E-state index contributed by atoms with van der Waals surface area (Å²) in [5, 5.41) is 0. The Bertz CT molecular complexity index is 576. The van der Waals surface area contributed by atoms with Gasteiger partial charge in [0.1, 0.15) is 4.90 Å². The van der Waals surface area contributed by atoms with Crippen LogP contribution in [-0.2, 0) is 11.2 Å². The van der Waals surface area contributed by atoms with Gasteiger partial charge in [0, 0.05) is 6.61 Å². The normalized spacial score (nSPS) is 23.6. The average Bonchev–Trinajstić information content (AvgIpc) is 2.59. The molecule has 0 aliphatic heterocycles. The molecule has 0 unspecified atom stereocenters. The second-order valence-electron chi connectivity index (χ2n) is 7.73. The van der Waals surface area contributed by atoms with E-state index < -0.39 is 15.1 Å². The van der Waals surface area contributed by atoms with E-state index in [0.717, 1.165) is 45.1 Å². The lowest BCUT2D eigenvalue weighted by molar-refractivity contribution is 0.0154. The standard InChI is InChI=1S/C20H31F5OS/c1-2-3-4-5-16-26-19-12-8-17(9-13-19)6-7-18-10-14-20(15-11-18)27(21,22,23,24)25/h10-11,14-15,17,19H,2-9,12-13,16H2,1H3/t17-,19-. The van der Waals surface area contributed by atoms with Crippen molar-refractivity contribution in [2.24, 2.45) is 5.92 Å². The van der Waals surface area contributed by atoms with Crippen LogP contribution in [-0.4, -0.2) is 12.7 Å². The summed E-state index contributed by atoms with van der Waals surface area (Å²) < 4.78 is 69.6. The fraction of sp³-hybridized carbons (Fsp3) is 0.700. The average molecular weight is 415 g/mol. The third-order valence-corrected chi connectivity index (χ3v) is 6.52. The van der Waals surface area contributed by atoms with Gasteiger partial charge in [-0.05, 0) is 68.6 Å². The first kappa shape index (κ1) is 22.5. The molecule has 1 aromatic rings. The highest BCUT2D eigenvalue weighted by Gasteiger charge is 2.65. The zero-order valence-electron chi connectivity index (χ0n) is 15.9. The molecule has 0 radical (unpaired) electrons. The number of hydrogen-bond donors (Lipinski definition) is 0. The maximum Gasteiger partial charge on any atom is 0.310 e. The Hall–Kier alpha value is -0.820. The van der Waals surface area contributed by atoms with Gasteiger partial charge in [0.15, 0.2) is 0 Å². The van der Waals surface area contributed by atoms with Crippen LogP contribution in [0.2, 0.25) is 0 Å². The summed E-state index contributed by atoms with van der Waals surface area (Å²) >= 11 is 0. The van der Waals surface area contributed by atoms with Crippen LogP contribution in [0.4, 0.5) is 19.4 Å². The highest BCUT2D eigenvalue weighted by molar-refractivity contribution is 8.45. The summed E-state index contributed by atoms with van der Waals surface area (Å²) in [6.45, 7) is 3.01. The zero-order valence-corrected chi connectivity index (χ0v) is 16.8. The van der Waals surface area contributed by atoms with Crippen LogP contribution in [0.25, 0.3) is 0 Å². The molecular weight excluding hydrogens is 383 g/mol. The molecule has 1 aliphatic carbocycles. The van der Waals surface area contributed by atoms with Crippen molar-refractivity contribution in [1.29, 1.82) is 0 Å². The van der Waals surface area contributed by atoms with Crippen LogP contribution in [0.15, 0.2) is 29.2 Å². The summed E-state index contributed by atoms with van der Waals surface area (Å²) in [5.41, 5.74) is 0.676. The predicted octanol–water partition coefficient (Wildman–Crippen LogP) is 8.43. The first-order valence-electron chi connectivity index (χ1n) is 9.92. The molecule has 1 aromatic carbocycles. The fourth-order valence-corrected chi connectivity index (χ4v) is 4.30. The SMILES string of the molecule is CCCCCCO[C@H]1CC[C@H](CCc2ccc(S(F)(F)(F)(F)F)cc2)CC1. The van der Waals surface area contributed by atoms with Crippen molar-refractivity contribution in [2.45, 2.75) is 82.1 Å². The molecule has 1 aliphatic rings. The lowest BCUT2D eigenvalue weighted by atomic mass is 9.84. The molecule has 158 valence electrons. The van der Waals surface area contributed by atoms with Gasteiger partial charge in [0.25, 0.3) is 0 Å². The van der Waals surface area contributed by atoms with Crippen molar-refractivity contribution >= 4 is 10.2 Å². The molecule has 1 saturated carbocycles. The Kier molecular flexibility index (Phi) is 6.89. The molecule has 2 rings (SSSR count). The Morgan fingerprint density at radius 3 is 2.07 bits per heavy atom. The first-order valence-corrected chi connectivity index (χ1v) is 11.9. The zero-order chi connectivity index (χ0) is 20.0. The molecule has 0 bridgehead atoms. The molecule has 1 fully saturated rings. The van der Waals surface area contributed by atoms with Gasteiger partial charge in [-0.15, -0.1) is 0 Å². The van der Waals surface area contributed by atoms with Crippen LogP contribution in [0, 0.1) is 5.92 Å². The van der Waals surface area contributed by atoms with Gasteiger partial charge in [-0.25, -0.2) is 0 Å². The van der Waals surface area contributed by atoms with E-state index in [9.17, 15) is 19.4 Å². The van der Waals surface area contributed by atoms with E-state index in [2.05, 4.69) is 6.92 Å². The van der Waals surface area contributed by atoms with E-state index in [-0.39, 0.29) is 0 Å². The third-order valence-electron chi connectivity index (χ3n) is 5.36. The van der Waals surface area contributed by atoms with Gasteiger partial charge >= 0.3 is 10.2 Å². The third kappa shape index (κ3) is 7.98. The molecule has 0 atom stereocenters. The lowest BCUT2D eigenvalue weighted by Crippen LogP contribution is -2.22. The van der Waals surface area contributed by atoms with Crippen LogP contribution in [0.1, 0.15) is 70.3 Å². The number of rotatable bonds is 10. The van der Waals surface area contributed by atoms with Gasteiger partial charge in [-0.3, -0.25) is 0 Å². The van der Waals surface area contributed by atoms with Gasteiger partial charge in [0.05, 0.1) is 6.10 Å². The van der Waals surface area contributed by atoms with Crippen LogP contribution >= 0.6 is 10.2 Å². The number of aryl methyl sites for hydroxylation is 1. The molecule has 27 heavy (non-hydrogen) atoms. The molecule has 0 heterocycles. The monoisotopic (exact) mass is 414 g/mol. The van der Waals surface area contributed by atoms with Crippen molar-refractivity contribution in [3.63, 3.8) is 0 Å². The van der Waals surface area contributed by atoms with Gasteiger partial charge < -0.3 is 4.74 Å². The van der Waals surface area contributed by atoms with E-state index >= 15 is 0 Å². The van der Waals surface area contributed by atoms with E-state index in [0.29, 0.717) is 36.1 Å². The number of hydrogen-bond acceptors (Lipinski definition) is 1. The molecule has 1 nitrogen and oxygen atoms in total. The number of ether oxygens (including phenoxy) is 1. The number of benzene rings is 1. The minimum atomic E-state index is -9.56. The van der Waals surface area contributed by atoms with E-state index in [1.807, 2.05) is 0 Å². The lowest BCUT2D eigenvalue weighted by Gasteiger charge is -2.40. The molecule has 0 saturated heterocycles. The summed E-state index contributed by atoms with van der Waals surface area (Å²) in [4.78, 5) is -1.81. The van der Waals surface area contributed by atoms with Gasteiger partial charge in [-0.1, -0.05) is 57.7 Å². The largest absolute Gasteiger partial charge is 0.378 e. The second kappa shape index (κ2) is 8.27. The van der Waals surface area contributed by atoms with Crippen molar-refractivity contribution in [2.75, 3.05) is 6.61 Å². The Labute approximate surface area is 159 Å². The molecule has 0 N–H and O–H groups in total. The van der Waals surface area contributed by atoms with Crippen molar-refractivity contribution in [3.8, 4) is 0 Å². The van der Waals surface area contributed by atoms with Gasteiger partial charge in [-0.2, -0.15) is 0 Å². The molecule has 0 amide bonds. The summed E-state index contributed by atoms with van der Waals surface area (Å²) in [6, 6.07) is 3.39. The van der Waals surface area contributed by atoms with Crippen molar-refractivity contribution in [1.82, 2.24) is 0 Å².